The number of rotatable bonds is 4. The summed E-state index contributed by atoms with van der Waals surface area (Å²) in [5.41, 5.74) is -0.148. The minimum atomic E-state index is -0.756. The molecule has 5 nitrogen and oxygen atoms in total. The Morgan fingerprint density at radius 1 is 1.35 bits per heavy atom. The summed E-state index contributed by atoms with van der Waals surface area (Å²) < 4.78 is 18.4. The van der Waals surface area contributed by atoms with Crippen LogP contribution >= 0.6 is 11.6 Å². The lowest BCUT2D eigenvalue weighted by Crippen LogP contribution is -1.97. The van der Waals surface area contributed by atoms with E-state index in [2.05, 4.69) is 0 Å². The molecule has 0 radical (unpaired) electrons. The minimum absolute atomic E-state index is 0.103. The molecule has 2 aromatic carbocycles. The van der Waals surface area contributed by atoms with Crippen molar-refractivity contribution in [2.75, 3.05) is 0 Å². The predicted molar refractivity (Wildman–Crippen MR) is 70.5 cm³/mol. The normalized spacial score (nSPS) is 10.3. The number of halogens is 2. The van der Waals surface area contributed by atoms with Gasteiger partial charge in [-0.3, -0.25) is 10.1 Å². The van der Waals surface area contributed by atoms with Crippen LogP contribution in [0.15, 0.2) is 36.4 Å². The monoisotopic (exact) mass is 297 g/mol. The Balaban J connectivity index is 2.48. The average Bonchev–Trinajstić information content (AvgIpc) is 2.42. The molecule has 20 heavy (non-hydrogen) atoms. The van der Waals surface area contributed by atoms with E-state index in [1.165, 1.54) is 6.07 Å². The van der Waals surface area contributed by atoms with E-state index in [-0.39, 0.29) is 23.1 Å². The maximum Gasteiger partial charge on any atom is 0.314 e. The fourth-order valence-corrected chi connectivity index (χ4v) is 1.85. The summed E-state index contributed by atoms with van der Waals surface area (Å²) >= 11 is 5.94. The lowest BCUT2D eigenvalue weighted by molar-refractivity contribution is -0.385. The number of hydrogen-bond donors (Lipinski definition) is 1. The molecule has 0 saturated heterocycles. The van der Waals surface area contributed by atoms with Gasteiger partial charge in [-0.25, -0.2) is 4.39 Å². The van der Waals surface area contributed by atoms with Crippen molar-refractivity contribution in [3.8, 4) is 11.5 Å². The molecule has 7 heteroatoms. The summed E-state index contributed by atoms with van der Waals surface area (Å²) in [5, 5.41) is 20.3. The van der Waals surface area contributed by atoms with Gasteiger partial charge < -0.3 is 9.84 Å². The molecule has 0 atom stereocenters. The van der Waals surface area contributed by atoms with Gasteiger partial charge in [-0.1, -0.05) is 23.7 Å². The molecule has 0 unspecified atom stereocenters. The number of para-hydroxylation sites is 1. The second kappa shape index (κ2) is 5.85. The average molecular weight is 298 g/mol. The summed E-state index contributed by atoms with van der Waals surface area (Å²) in [4.78, 5) is 10.1. The van der Waals surface area contributed by atoms with Crippen molar-refractivity contribution in [3.63, 3.8) is 0 Å². The molecule has 0 aromatic heterocycles. The van der Waals surface area contributed by atoms with Gasteiger partial charge in [0.2, 0.25) is 5.75 Å². The molecule has 0 fully saturated rings. The highest BCUT2D eigenvalue weighted by Crippen LogP contribution is 2.37. The quantitative estimate of drug-likeness (QED) is 0.690. The van der Waals surface area contributed by atoms with Gasteiger partial charge in [0.25, 0.3) is 0 Å². The lowest BCUT2D eigenvalue weighted by atomic mass is 10.2. The number of ether oxygens (including phenoxy) is 1. The van der Waals surface area contributed by atoms with E-state index >= 15 is 0 Å². The molecular weight excluding hydrogens is 289 g/mol. The van der Waals surface area contributed by atoms with Crippen LogP contribution in [-0.4, -0.2) is 10.0 Å². The summed E-state index contributed by atoms with van der Waals surface area (Å²) in [6.07, 6.45) is 0. The van der Waals surface area contributed by atoms with Crippen molar-refractivity contribution < 1.29 is 19.2 Å². The maximum absolute atomic E-state index is 13.0. The van der Waals surface area contributed by atoms with Gasteiger partial charge in [-0.15, -0.1) is 0 Å². The van der Waals surface area contributed by atoms with Crippen LogP contribution in [0.2, 0.25) is 5.02 Å². The number of hydrogen-bond acceptors (Lipinski definition) is 4. The second-order valence-corrected chi connectivity index (χ2v) is 4.26. The van der Waals surface area contributed by atoms with Crippen LogP contribution in [0.1, 0.15) is 5.56 Å². The number of aliphatic hydroxyl groups is 1. The van der Waals surface area contributed by atoms with E-state index in [9.17, 15) is 19.6 Å². The van der Waals surface area contributed by atoms with Crippen molar-refractivity contribution in [1.82, 2.24) is 0 Å². The number of nitro groups is 1. The van der Waals surface area contributed by atoms with E-state index in [4.69, 9.17) is 16.3 Å². The molecule has 0 bridgehead atoms. The largest absolute Gasteiger partial charge is 0.448 e. The van der Waals surface area contributed by atoms with E-state index in [0.717, 1.165) is 18.2 Å². The first-order chi connectivity index (χ1) is 9.52. The third-order valence-corrected chi connectivity index (χ3v) is 2.85. The van der Waals surface area contributed by atoms with Gasteiger partial charge in [0.05, 0.1) is 22.6 Å². The third-order valence-electron chi connectivity index (χ3n) is 2.55. The second-order valence-electron chi connectivity index (χ2n) is 3.86. The zero-order valence-electron chi connectivity index (χ0n) is 10.0. The van der Waals surface area contributed by atoms with Gasteiger partial charge in [0.1, 0.15) is 5.82 Å². The number of aliphatic hydroxyl groups excluding tert-OH is 1. The zero-order valence-corrected chi connectivity index (χ0v) is 10.8. The molecular formula is C13H9ClFNO4. The Morgan fingerprint density at radius 3 is 2.75 bits per heavy atom. The van der Waals surface area contributed by atoms with Crippen molar-refractivity contribution in [3.05, 3.63) is 62.9 Å². The molecule has 1 N–H and O–H groups in total. The predicted octanol–water partition coefficient (Wildman–Crippen LogP) is 3.67. The number of benzene rings is 2. The molecule has 2 aromatic rings. The van der Waals surface area contributed by atoms with Gasteiger partial charge >= 0.3 is 5.69 Å². The fraction of sp³-hybridized carbons (Fsp3) is 0.0769. The van der Waals surface area contributed by atoms with Gasteiger partial charge in [-0.2, -0.15) is 0 Å². The van der Waals surface area contributed by atoms with Gasteiger partial charge in [0.15, 0.2) is 5.75 Å². The fourth-order valence-electron chi connectivity index (χ4n) is 1.62. The summed E-state index contributed by atoms with van der Waals surface area (Å²) in [6, 6.07) is 7.63. The SMILES string of the molecule is O=[N+]([O-])c1cc(F)ccc1Oc1c(Cl)cccc1CO. The highest BCUT2D eigenvalue weighted by molar-refractivity contribution is 6.32. The van der Waals surface area contributed by atoms with E-state index in [1.54, 1.807) is 12.1 Å². The molecule has 0 aliphatic rings. The van der Waals surface area contributed by atoms with Crippen LogP contribution in [-0.2, 0) is 6.61 Å². The van der Waals surface area contributed by atoms with Crippen LogP contribution in [0.3, 0.4) is 0 Å². The summed E-state index contributed by atoms with van der Waals surface area (Å²) in [7, 11) is 0. The van der Waals surface area contributed by atoms with Gasteiger partial charge in [0, 0.05) is 5.56 Å². The first-order valence-electron chi connectivity index (χ1n) is 5.53. The Labute approximate surface area is 118 Å². The smallest absolute Gasteiger partial charge is 0.314 e. The summed E-state index contributed by atoms with van der Waals surface area (Å²) in [6.45, 7) is -0.342. The van der Waals surface area contributed by atoms with Crippen molar-refractivity contribution in [2.24, 2.45) is 0 Å². The molecule has 2 rings (SSSR count). The first-order valence-corrected chi connectivity index (χ1v) is 5.90. The summed E-state index contributed by atoms with van der Waals surface area (Å²) in [5.74, 6) is -0.795. The minimum Gasteiger partial charge on any atom is -0.448 e. The van der Waals surface area contributed by atoms with Crippen molar-refractivity contribution in [2.45, 2.75) is 6.61 Å². The number of nitrogens with zero attached hydrogens (tertiary/aromatic N) is 1. The first kappa shape index (κ1) is 14.2. The van der Waals surface area contributed by atoms with Crippen LogP contribution in [0.5, 0.6) is 11.5 Å². The molecule has 0 aliphatic heterocycles. The Bertz CT molecular complexity index is 663. The Kier molecular flexibility index (Phi) is 4.16. The van der Waals surface area contributed by atoms with Crippen molar-refractivity contribution >= 4 is 17.3 Å². The molecule has 0 aliphatic carbocycles. The molecule has 0 spiro atoms. The molecule has 0 amide bonds. The molecule has 0 saturated carbocycles. The van der Waals surface area contributed by atoms with Crippen LogP contribution in [0, 0.1) is 15.9 Å². The van der Waals surface area contributed by atoms with Crippen molar-refractivity contribution in [1.29, 1.82) is 0 Å². The maximum atomic E-state index is 13.0. The zero-order chi connectivity index (χ0) is 14.7. The van der Waals surface area contributed by atoms with Crippen LogP contribution in [0.4, 0.5) is 10.1 Å². The van der Waals surface area contributed by atoms with E-state index in [0.29, 0.717) is 5.56 Å². The highest BCUT2D eigenvalue weighted by atomic mass is 35.5. The standard InChI is InChI=1S/C13H9ClFNO4/c14-10-3-1-2-8(7-17)13(10)20-12-5-4-9(15)6-11(12)16(18)19/h1-6,17H,7H2. The van der Waals surface area contributed by atoms with Crippen LogP contribution in [0.25, 0.3) is 0 Å². The molecule has 104 valence electrons. The molecule has 0 heterocycles. The van der Waals surface area contributed by atoms with E-state index in [1.807, 2.05) is 0 Å². The highest BCUT2D eigenvalue weighted by Gasteiger charge is 2.19. The Hall–Kier alpha value is -2.18. The number of nitro benzene ring substituents is 1. The topological polar surface area (TPSA) is 72.6 Å². The Morgan fingerprint density at radius 2 is 2.10 bits per heavy atom. The third kappa shape index (κ3) is 2.87. The van der Waals surface area contributed by atoms with E-state index < -0.39 is 16.4 Å². The lowest BCUT2D eigenvalue weighted by Gasteiger charge is -2.11. The van der Waals surface area contributed by atoms with Gasteiger partial charge in [-0.05, 0) is 18.2 Å². The van der Waals surface area contributed by atoms with Crippen LogP contribution < -0.4 is 4.74 Å².